The van der Waals surface area contributed by atoms with E-state index in [0.29, 0.717) is 11.6 Å². The van der Waals surface area contributed by atoms with Crippen LogP contribution in [0.3, 0.4) is 0 Å². The van der Waals surface area contributed by atoms with Crippen molar-refractivity contribution < 1.29 is 9.90 Å². The Morgan fingerprint density at radius 1 is 1.32 bits per heavy atom. The highest BCUT2D eigenvalue weighted by Crippen LogP contribution is 2.35. The van der Waals surface area contributed by atoms with Gasteiger partial charge in [0.2, 0.25) is 0 Å². The van der Waals surface area contributed by atoms with Gasteiger partial charge in [0.25, 0.3) is 5.91 Å². The molecule has 2 unspecified atom stereocenters. The summed E-state index contributed by atoms with van der Waals surface area (Å²) in [6.45, 7) is 3.32. The van der Waals surface area contributed by atoms with Gasteiger partial charge >= 0.3 is 0 Å². The molecule has 2 aliphatic rings. The number of carbonyl (C=O) groups is 1. The molecule has 1 aromatic rings. The Morgan fingerprint density at radius 2 is 2.16 bits per heavy atom. The molecule has 0 saturated carbocycles. The molecule has 2 N–H and O–H groups in total. The average molecular weight is 260 g/mol. The van der Waals surface area contributed by atoms with E-state index in [9.17, 15) is 9.90 Å². The molecule has 0 aliphatic carbocycles. The van der Waals surface area contributed by atoms with Gasteiger partial charge in [-0.05, 0) is 31.9 Å². The standard InChI is InChI=1S/C15H20N2O2/c1-10-5-3-2-4-8-17(10)11-6-7-12-13(9-11)16-15(19)14(12)18/h6-7,9-10,14,18H,2-5,8H2,1H3,(H,16,19). The smallest absolute Gasteiger partial charge is 0.257 e. The maximum absolute atomic E-state index is 11.5. The fourth-order valence-electron chi connectivity index (χ4n) is 3.07. The lowest BCUT2D eigenvalue weighted by Gasteiger charge is -2.29. The van der Waals surface area contributed by atoms with Gasteiger partial charge in [-0.3, -0.25) is 4.79 Å². The van der Waals surface area contributed by atoms with Crippen molar-refractivity contribution in [2.45, 2.75) is 44.8 Å². The van der Waals surface area contributed by atoms with Gasteiger partial charge in [0.1, 0.15) is 0 Å². The zero-order valence-corrected chi connectivity index (χ0v) is 11.2. The maximum Gasteiger partial charge on any atom is 0.257 e. The summed E-state index contributed by atoms with van der Waals surface area (Å²) in [5.41, 5.74) is 2.59. The van der Waals surface area contributed by atoms with E-state index in [4.69, 9.17) is 0 Å². The number of nitrogens with zero attached hydrogens (tertiary/aromatic N) is 1. The lowest BCUT2D eigenvalue weighted by Crippen LogP contribution is -2.32. The van der Waals surface area contributed by atoms with Gasteiger partial charge in [-0.1, -0.05) is 18.9 Å². The molecule has 1 saturated heterocycles. The fraction of sp³-hybridized carbons (Fsp3) is 0.533. The molecular weight excluding hydrogens is 240 g/mol. The first-order valence-corrected chi connectivity index (χ1v) is 7.06. The van der Waals surface area contributed by atoms with Gasteiger partial charge in [-0.25, -0.2) is 0 Å². The number of hydrogen-bond donors (Lipinski definition) is 2. The lowest BCUT2D eigenvalue weighted by atomic mass is 10.1. The third kappa shape index (κ3) is 2.21. The molecule has 102 valence electrons. The zero-order valence-electron chi connectivity index (χ0n) is 11.2. The van der Waals surface area contributed by atoms with E-state index in [-0.39, 0.29) is 5.91 Å². The Kier molecular flexibility index (Phi) is 3.19. The molecule has 1 amide bonds. The predicted octanol–water partition coefficient (Wildman–Crippen LogP) is 2.44. The van der Waals surface area contributed by atoms with Crippen LogP contribution in [0.5, 0.6) is 0 Å². The summed E-state index contributed by atoms with van der Waals surface area (Å²) in [5.74, 6) is -0.323. The summed E-state index contributed by atoms with van der Waals surface area (Å²) in [7, 11) is 0. The predicted molar refractivity (Wildman–Crippen MR) is 75.3 cm³/mol. The first-order chi connectivity index (χ1) is 9.16. The molecule has 2 atom stereocenters. The van der Waals surface area contributed by atoms with E-state index in [1.807, 2.05) is 18.2 Å². The molecule has 3 rings (SSSR count). The summed E-state index contributed by atoms with van der Waals surface area (Å²) in [6, 6.07) is 6.41. The first kappa shape index (κ1) is 12.5. The lowest BCUT2D eigenvalue weighted by molar-refractivity contribution is -0.123. The van der Waals surface area contributed by atoms with Crippen LogP contribution in [0.15, 0.2) is 18.2 Å². The van der Waals surface area contributed by atoms with Crippen LogP contribution in [-0.4, -0.2) is 23.6 Å². The van der Waals surface area contributed by atoms with Crippen molar-refractivity contribution in [2.24, 2.45) is 0 Å². The molecule has 0 bridgehead atoms. The molecule has 4 heteroatoms. The minimum atomic E-state index is -1.01. The SMILES string of the molecule is CC1CCCCCN1c1ccc2c(c1)NC(=O)C2O. The highest BCUT2D eigenvalue weighted by molar-refractivity contribution is 6.02. The Labute approximate surface area is 113 Å². The number of nitrogens with one attached hydrogen (secondary N) is 1. The largest absolute Gasteiger partial charge is 0.378 e. The van der Waals surface area contributed by atoms with Crippen LogP contribution in [-0.2, 0) is 4.79 Å². The minimum Gasteiger partial charge on any atom is -0.378 e. The van der Waals surface area contributed by atoms with Gasteiger partial charge in [0, 0.05) is 29.5 Å². The normalized spacial score (nSPS) is 26.8. The second-order valence-corrected chi connectivity index (χ2v) is 5.56. The Hall–Kier alpha value is -1.55. The number of hydrogen-bond acceptors (Lipinski definition) is 3. The summed E-state index contributed by atoms with van der Waals surface area (Å²) >= 11 is 0. The molecule has 0 aromatic heterocycles. The van der Waals surface area contributed by atoms with Gasteiger partial charge < -0.3 is 15.3 Å². The van der Waals surface area contributed by atoms with Crippen LogP contribution in [0.25, 0.3) is 0 Å². The second kappa shape index (κ2) is 4.85. The van der Waals surface area contributed by atoms with Crippen molar-refractivity contribution in [3.8, 4) is 0 Å². The van der Waals surface area contributed by atoms with Gasteiger partial charge in [-0.2, -0.15) is 0 Å². The molecule has 2 heterocycles. The van der Waals surface area contributed by atoms with Crippen molar-refractivity contribution in [3.05, 3.63) is 23.8 Å². The van der Waals surface area contributed by atoms with Gasteiger partial charge in [0.05, 0.1) is 0 Å². The quantitative estimate of drug-likeness (QED) is 0.815. The third-order valence-electron chi connectivity index (χ3n) is 4.22. The maximum atomic E-state index is 11.5. The molecule has 2 aliphatic heterocycles. The van der Waals surface area contributed by atoms with Crippen LogP contribution in [0.4, 0.5) is 11.4 Å². The van der Waals surface area contributed by atoms with Gasteiger partial charge in [-0.15, -0.1) is 0 Å². The van der Waals surface area contributed by atoms with E-state index in [2.05, 4.69) is 17.1 Å². The Balaban J connectivity index is 1.90. The highest BCUT2D eigenvalue weighted by atomic mass is 16.3. The molecule has 0 spiro atoms. The average Bonchev–Trinajstić information content (AvgIpc) is 2.57. The topological polar surface area (TPSA) is 52.6 Å². The Morgan fingerprint density at radius 3 is 3.00 bits per heavy atom. The molecule has 1 aromatic carbocycles. The van der Waals surface area contributed by atoms with Crippen LogP contribution in [0, 0.1) is 0 Å². The molecular formula is C15H20N2O2. The first-order valence-electron chi connectivity index (χ1n) is 7.06. The van der Waals surface area contributed by atoms with Crippen LogP contribution in [0.1, 0.15) is 44.3 Å². The molecule has 1 fully saturated rings. The van der Waals surface area contributed by atoms with E-state index in [1.54, 1.807) is 0 Å². The highest BCUT2D eigenvalue weighted by Gasteiger charge is 2.29. The van der Waals surface area contributed by atoms with Crippen molar-refractivity contribution in [1.82, 2.24) is 0 Å². The van der Waals surface area contributed by atoms with Gasteiger partial charge in [0.15, 0.2) is 6.10 Å². The van der Waals surface area contributed by atoms with Crippen LogP contribution < -0.4 is 10.2 Å². The minimum absolute atomic E-state index is 0.323. The number of anilines is 2. The number of aliphatic hydroxyl groups is 1. The molecule has 0 radical (unpaired) electrons. The number of rotatable bonds is 1. The van der Waals surface area contributed by atoms with E-state index < -0.39 is 6.10 Å². The summed E-state index contributed by atoms with van der Waals surface area (Å²) in [4.78, 5) is 13.9. The van der Waals surface area contributed by atoms with E-state index >= 15 is 0 Å². The third-order valence-corrected chi connectivity index (χ3v) is 4.22. The summed E-state index contributed by atoms with van der Waals surface area (Å²) in [5, 5.41) is 12.5. The molecule has 19 heavy (non-hydrogen) atoms. The second-order valence-electron chi connectivity index (χ2n) is 5.56. The molecule has 4 nitrogen and oxygen atoms in total. The number of carbonyl (C=O) groups excluding carboxylic acids is 1. The number of aliphatic hydroxyl groups excluding tert-OH is 1. The monoisotopic (exact) mass is 260 g/mol. The number of fused-ring (bicyclic) bond motifs is 1. The zero-order chi connectivity index (χ0) is 13.4. The number of benzene rings is 1. The van der Waals surface area contributed by atoms with E-state index in [1.165, 1.54) is 25.7 Å². The number of amides is 1. The van der Waals surface area contributed by atoms with Crippen LogP contribution in [0.2, 0.25) is 0 Å². The van der Waals surface area contributed by atoms with Crippen LogP contribution >= 0.6 is 0 Å². The van der Waals surface area contributed by atoms with Crippen molar-refractivity contribution >= 4 is 17.3 Å². The van der Waals surface area contributed by atoms with Crippen molar-refractivity contribution in [3.63, 3.8) is 0 Å². The fourth-order valence-corrected chi connectivity index (χ4v) is 3.07. The summed E-state index contributed by atoms with van der Waals surface area (Å²) < 4.78 is 0. The Bertz CT molecular complexity index is 501. The van der Waals surface area contributed by atoms with Crippen molar-refractivity contribution in [1.29, 1.82) is 0 Å². The van der Waals surface area contributed by atoms with Crippen molar-refractivity contribution in [2.75, 3.05) is 16.8 Å². The summed E-state index contributed by atoms with van der Waals surface area (Å²) in [6.07, 6.45) is 4.01. The van der Waals surface area contributed by atoms with E-state index in [0.717, 1.165) is 17.9 Å².